The average Bonchev–Trinajstić information content (AvgIpc) is 3.59. The summed E-state index contributed by atoms with van der Waals surface area (Å²) < 4.78 is 46.9. The highest BCUT2D eigenvalue weighted by atomic mass is 32.2. The number of carboxylic acid groups (broad SMARTS) is 1. The van der Waals surface area contributed by atoms with Crippen molar-refractivity contribution < 1.29 is 37.2 Å². The summed E-state index contributed by atoms with van der Waals surface area (Å²) in [6.45, 7) is 2.73. The van der Waals surface area contributed by atoms with Crippen LogP contribution in [0.3, 0.4) is 0 Å². The summed E-state index contributed by atoms with van der Waals surface area (Å²) in [5.41, 5.74) is 0.860. The summed E-state index contributed by atoms with van der Waals surface area (Å²) in [5.74, 6) is -0.585. The number of carbonyl (C=O) groups excluding carboxylic acids is 1. The van der Waals surface area contributed by atoms with Crippen LogP contribution in [0, 0.1) is 22.9 Å². The highest BCUT2D eigenvalue weighted by molar-refractivity contribution is 7.89. The Morgan fingerprint density at radius 2 is 1.83 bits per heavy atom. The van der Waals surface area contributed by atoms with Crippen LogP contribution < -0.4 is 14.7 Å². The third-order valence-electron chi connectivity index (χ3n) is 7.05. The fourth-order valence-corrected chi connectivity index (χ4v) is 7.33. The van der Waals surface area contributed by atoms with Crippen molar-refractivity contribution in [3.63, 3.8) is 0 Å². The zero-order valence-corrected chi connectivity index (χ0v) is 23.9. The molecule has 3 aromatic rings. The van der Waals surface area contributed by atoms with E-state index in [4.69, 9.17) is 4.74 Å². The Morgan fingerprint density at radius 1 is 1.14 bits per heavy atom. The molecule has 2 aromatic carbocycles. The number of aryl methyl sites for hydroxylation is 1. The number of rotatable bonds is 8. The van der Waals surface area contributed by atoms with Crippen LogP contribution in [0.15, 0.2) is 59.5 Å². The first-order chi connectivity index (χ1) is 20.0. The molecule has 16 heteroatoms. The highest BCUT2D eigenvalue weighted by Gasteiger charge is 2.39. The molecule has 1 N–H and O–H groups in total. The predicted molar refractivity (Wildman–Crippen MR) is 153 cm³/mol. The predicted octanol–water partition coefficient (Wildman–Crippen LogP) is 4.12. The molecule has 2 saturated heterocycles. The highest BCUT2D eigenvalue weighted by Crippen LogP contribution is 2.34. The van der Waals surface area contributed by atoms with E-state index < -0.39 is 45.6 Å². The van der Waals surface area contributed by atoms with Crippen molar-refractivity contribution in [3.05, 3.63) is 76.1 Å². The Kier molecular flexibility index (Phi) is 7.92. The van der Waals surface area contributed by atoms with Crippen molar-refractivity contribution in [2.45, 2.75) is 17.9 Å². The van der Waals surface area contributed by atoms with E-state index in [1.165, 1.54) is 36.4 Å². The van der Waals surface area contributed by atoms with E-state index in [2.05, 4.69) is 0 Å². The molecule has 0 radical (unpaired) electrons. The average molecular weight is 620 g/mol. The van der Waals surface area contributed by atoms with Gasteiger partial charge in [-0.3, -0.25) is 15.0 Å². The molecule has 5 rings (SSSR count). The lowest BCUT2D eigenvalue weighted by Crippen LogP contribution is -2.46. The minimum atomic E-state index is -4.44. The second-order valence-corrected chi connectivity index (χ2v) is 12.6. The number of sulfonamides is 1. The van der Waals surface area contributed by atoms with Crippen LogP contribution in [0.5, 0.6) is 0 Å². The van der Waals surface area contributed by atoms with Gasteiger partial charge in [-0.05, 0) is 54.2 Å². The smallest absolute Gasteiger partial charge is 0.421 e. The van der Waals surface area contributed by atoms with Gasteiger partial charge in [0, 0.05) is 32.2 Å². The minimum Gasteiger partial charge on any atom is -0.464 e. The van der Waals surface area contributed by atoms with Gasteiger partial charge in [0.25, 0.3) is 10.0 Å². The number of nitrogens with zero attached hydrogens (tertiary/aromatic N) is 5. The number of thiophene rings is 1. The number of halogens is 1. The molecule has 0 spiro atoms. The molecule has 222 valence electrons. The van der Waals surface area contributed by atoms with Crippen molar-refractivity contribution in [2.24, 2.45) is 0 Å². The molecule has 0 bridgehead atoms. The monoisotopic (exact) mass is 619 g/mol. The van der Waals surface area contributed by atoms with E-state index in [-0.39, 0.29) is 26.4 Å². The van der Waals surface area contributed by atoms with Crippen LogP contribution in [0.4, 0.5) is 35.4 Å². The van der Waals surface area contributed by atoms with E-state index in [1.807, 2.05) is 9.80 Å². The van der Waals surface area contributed by atoms with Gasteiger partial charge in [0.2, 0.25) is 0 Å². The van der Waals surface area contributed by atoms with Gasteiger partial charge in [-0.2, -0.15) is 4.31 Å². The molecule has 1 atom stereocenters. The van der Waals surface area contributed by atoms with E-state index in [0.717, 1.165) is 21.2 Å². The largest absolute Gasteiger partial charge is 0.464 e. The maximum absolute atomic E-state index is 15.3. The van der Waals surface area contributed by atoms with Crippen molar-refractivity contribution in [1.29, 1.82) is 0 Å². The maximum Gasteiger partial charge on any atom is 0.421 e. The Morgan fingerprint density at radius 3 is 2.45 bits per heavy atom. The van der Waals surface area contributed by atoms with E-state index in [1.54, 1.807) is 25.1 Å². The number of hydrogen-bond acceptors (Lipinski definition) is 10. The number of piperazine rings is 1. The van der Waals surface area contributed by atoms with Gasteiger partial charge in [0.05, 0.1) is 39.3 Å². The molecule has 1 aromatic heterocycles. The van der Waals surface area contributed by atoms with Crippen LogP contribution in [0.1, 0.15) is 5.56 Å². The lowest BCUT2D eigenvalue weighted by molar-refractivity contribution is -0.380. The molecule has 2 fully saturated rings. The first-order valence-corrected chi connectivity index (χ1v) is 15.0. The summed E-state index contributed by atoms with van der Waals surface area (Å²) in [4.78, 5) is 39.9. The molecule has 2 aliphatic heterocycles. The summed E-state index contributed by atoms with van der Waals surface area (Å²) in [6, 6.07) is 13.3. The summed E-state index contributed by atoms with van der Waals surface area (Å²) >= 11 is 1.09. The second-order valence-electron chi connectivity index (χ2n) is 9.68. The molecule has 0 aliphatic carbocycles. The van der Waals surface area contributed by atoms with E-state index >= 15 is 4.39 Å². The molecule has 0 saturated carbocycles. The van der Waals surface area contributed by atoms with E-state index in [9.17, 15) is 33.2 Å². The number of cyclic esters (lactones) is 1. The zero-order valence-electron chi connectivity index (χ0n) is 22.3. The minimum absolute atomic E-state index is 0.0559. The topological polar surface area (TPSA) is 154 Å². The number of hydrogen-bond donors (Lipinski definition) is 1. The van der Waals surface area contributed by atoms with Crippen molar-refractivity contribution in [1.82, 2.24) is 4.31 Å². The van der Waals surface area contributed by atoms with Gasteiger partial charge in [0.15, 0.2) is 0 Å². The lowest BCUT2D eigenvalue weighted by Gasteiger charge is -2.36. The molecule has 2 aliphatic rings. The van der Waals surface area contributed by atoms with Gasteiger partial charge >= 0.3 is 17.2 Å². The fraction of sp³-hybridized carbons (Fsp3) is 0.308. The summed E-state index contributed by atoms with van der Waals surface area (Å²) in [7, 11) is -4.44. The number of amides is 2. The quantitative estimate of drug-likeness (QED) is 0.288. The van der Waals surface area contributed by atoms with Crippen LogP contribution in [0.25, 0.3) is 0 Å². The van der Waals surface area contributed by atoms with Gasteiger partial charge in [-0.15, -0.1) is 0 Å². The third-order valence-corrected chi connectivity index (χ3v) is 10.0. The number of ether oxygens (including phenoxy) is 1. The van der Waals surface area contributed by atoms with Gasteiger partial charge < -0.3 is 19.6 Å². The van der Waals surface area contributed by atoms with Gasteiger partial charge in [0.1, 0.15) is 11.9 Å². The van der Waals surface area contributed by atoms with Gasteiger partial charge in [-0.25, -0.2) is 22.4 Å². The van der Waals surface area contributed by atoms with Crippen molar-refractivity contribution in [3.8, 4) is 0 Å². The van der Waals surface area contributed by atoms with Gasteiger partial charge in [-0.1, -0.05) is 18.2 Å². The standard InChI is InChI=1S/C26H26FN5O8S2/c1-17-4-2-3-5-22(17)42(38,39)31(25(33)34)16-19-15-30(26(35)40-19)18-6-7-21(20(27)14-18)28-10-12-29(13-11-28)23-8-9-24(41-23)32(36)37/h2-9,14,19H,10-13,15-16H2,1H3,(H,33,34)/t19-/m1/s1. The van der Waals surface area contributed by atoms with Crippen LogP contribution in [0.2, 0.25) is 0 Å². The number of anilines is 3. The molecule has 0 unspecified atom stereocenters. The molecular formula is C26H26FN5O8S2. The third kappa shape index (κ3) is 5.67. The van der Waals surface area contributed by atoms with Crippen molar-refractivity contribution >= 4 is 54.9 Å². The first-order valence-electron chi connectivity index (χ1n) is 12.8. The van der Waals surface area contributed by atoms with Crippen molar-refractivity contribution in [2.75, 3.05) is 54.0 Å². The fourth-order valence-electron chi connectivity index (χ4n) is 4.93. The van der Waals surface area contributed by atoms with Crippen LogP contribution in [-0.4, -0.2) is 80.3 Å². The summed E-state index contributed by atoms with van der Waals surface area (Å²) in [5, 5.41) is 21.5. The Labute approximate surface area is 244 Å². The van der Waals surface area contributed by atoms with Crippen LogP contribution >= 0.6 is 11.3 Å². The second kappa shape index (κ2) is 11.4. The molecule has 42 heavy (non-hydrogen) atoms. The van der Waals surface area contributed by atoms with Crippen LogP contribution in [-0.2, 0) is 14.8 Å². The molecule has 3 heterocycles. The number of benzene rings is 2. The number of carbonyl (C=O) groups is 2. The normalized spacial score (nSPS) is 17.3. The molecule has 2 amide bonds. The SMILES string of the molecule is Cc1ccccc1S(=O)(=O)N(C[C@H]1CN(c2ccc(N3CCN(c4ccc([N+](=O)[O-])s4)CC3)c(F)c2)C(=O)O1)C(=O)O. The molecule has 13 nitrogen and oxygen atoms in total. The zero-order chi connectivity index (χ0) is 30.2. The maximum atomic E-state index is 15.3. The Hall–Kier alpha value is -4.44. The summed E-state index contributed by atoms with van der Waals surface area (Å²) in [6.07, 6.45) is -3.69. The Balaban J connectivity index is 1.25. The first kappa shape index (κ1) is 29.1. The Bertz CT molecular complexity index is 1640. The lowest BCUT2D eigenvalue weighted by atomic mass is 10.2. The van der Waals surface area contributed by atoms with E-state index in [0.29, 0.717) is 37.4 Å². The number of nitro groups is 1. The molecular weight excluding hydrogens is 593 g/mol.